The molecule has 1 unspecified atom stereocenters. The number of aromatic nitrogens is 2. The summed E-state index contributed by atoms with van der Waals surface area (Å²) >= 11 is 2.90. The van der Waals surface area contributed by atoms with Crippen LogP contribution in [0, 0.1) is 5.92 Å². The molecular formula is C15H19N3O2S2. The number of aromatic amines is 1. The second-order valence-corrected chi connectivity index (χ2v) is 7.69. The molecule has 0 aromatic carbocycles. The van der Waals surface area contributed by atoms with E-state index < -0.39 is 0 Å². The third-order valence-corrected chi connectivity index (χ3v) is 5.88. The van der Waals surface area contributed by atoms with Gasteiger partial charge in [-0.15, -0.1) is 11.3 Å². The van der Waals surface area contributed by atoms with E-state index >= 15 is 0 Å². The molecule has 1 aliphatic rings. The van der Waals surface area contributed by atoms with E-state index in [-0.39, 0.29) is 17.2 Å². The zero-order chi connectivity index (χ0) is 15.7. The third kappa shape index (κ3) is 3.05. The average molecular weight is 337 g/mol. The molecule has 0 aliphatic heterocycles. The Morgan fingerprint density at radius 2 is 2.36 bits per heavy atom. The van der Waals surface area contributed by atoms with Gasteiger partial charge < -0.3 is 10.3 Å². The molecule has 1 atom stereocenters. The van der Waals surface area contributed by atoms with E-state index in [0.717, 1.165) is 29.5 Å². The number of hydrogen-bond donors (Lipinski definition) is 2. The van der Waals surface area contributed by atoms with Crippen LogP contribution in [0.4, 0.5) is 0 Å². The maximum Gasteiger partial charge on any atom is 0.260 e. The molecule has 1 aliphatic carbocycles. The first-order valence-corrected chi connectivity index (χ1v) is 9.32. The number of thioether (sulfide) groups is 1. The molecule has 2 N–H and O–H groups in total. The van der Waals surface area contributed by atoms with Gasteiger partial charge in [0.25, 0.3) is 5.56 Å². The maximum atomic E-state index is 12.4. The lowest BCUT2D eigenvalue weighted by molar-refractivity contribution is -0.118. The van der Waals surface area contributed by atoms with Crippen LogP contribution < -0.4 is 10.9 Å². The molecule has 0 fully saturated rings. The summed E-state index contributed by atoms with van der Waals surface area (Å²) in [6, 6.07) is 0. The van der Waals surface area contributed by atoms with Gasteiger partial charge >= 0.3 is 0 Å². The fraction of sp³-hybridized carbons (Fsp3) is 0.533. The van der Waals surface area contributed by atoms with Crippen LogP contribution >= 0.6 is 23.1 Å². The second-order valence-electron chi connectivity index (χ2n) is 5.65. The van der Waals surface area contributed by atoms with Crippen LogP contribution in [0.1, 0.15) is 30.7 Å². The lowest BCUT2D eigenvalue weighted by Gasteiger charge is -2.17. The first kappa shape index (κ1) is 15.6. The Labute approximate surface area is 136 Å². The highest BCUT2D eigenvalue weighted by Gasteiger charge is 2.23. The molecule has 118 valence electrons. The second kappa shape index (κ2) is 6.42. The molecule has 0 bridgehead atoms. The Morgan fingerprint density at radius 1 is 1.55 bits per heavy atom. The molecular weight excluding hydrogens is 318 g/mol. The van der Waals surface area contributed by atoms with Crippen molar-refractivity contribution in [2.75, 3.05) is 12.3 Å². The number of aryl methyl sites for hydroxylation is 1. The van der Waals surface area contributed by atoms with Crippen molar-refractivity contribution in [1.29, 1.82) is 0 Å². The number of hydrogen-bond acceptors (Lipinski definition) is 5. The fourth-order valence-electron chi connectivity index (χ4n) is 2.78. The summed E-state index contributed by atoms with van der Waals surface area (Å²) in [5, 5.41) is 4.02. The molecule has 22 heavy (non-hydrogen) atoms. The van der Waals surface area contributed by atoms with Gasteiger partial charge in [-0.25, -0.2) is 4.98 Å². The van der Waals surface area contributed by atoms with E-state index in [1.165, 1.54) is 22.2 Å². The number of amides is 1. The Morgan fingerprint density at radius 3 is 3.14 bits per heavy atom. The van der Waals surface area contributed by atoms with E-state index in [1.54, 1.807) is 11.3 Å². The first-order chi connectivity index (χ1) is 10.6. The molecule has 3 rings (SSSR count). The Kier molecular flexibility index (Phi) is 4.54. The van der Waals surface area contributed by atoms with Crippen LogP contribution in [0.2, 0.25) is 0 Å². The summed E-state index contributed by atoms with van der Waals surface area (Å²) in [4.78, 5) is 33.4. The quantitative estimate of drug-likeness (QED) is 0.663. The summed E-state index contributed by atoms with van der Waals surface area (Å²) in [7, 11) is 0. The average Bonchev–Trinajstić information content (AvgIpc) is 2.83. The highest BCUT2D eigenvalue weighted by molar-refractivity contribution is 7.99. The third-order valence-electron chi connectivity index (χ3n) is 3.86. The fourth-order valence-corrected chi connectivity index (χ4v) is 4.91. The molecule has 7 heteroatoms. The van der Waals surface area contributed by atoms with Gasteiger partial charge in [-0.3, -0.25) is 9.59 Å². The van der Waals surface area contributed by atoms with Crippen LogP contribution in [0.15, 0.2) is 9.95 Å². The number of thiophene rings is 1. The highest BCUT2D eigenvalue weighted by atomic mass is 32.2. The highest BCUT2D eigenvalue weighted by Crippen LogP contribution is 2.36. The zero-order valence-corrected chi connectivity index (χ0v) is 14.3. The Balaban J connectivity index is 1.89. The number of fused-ring (bicyclic) bond motifs is 3. The van der Waals surface area contributed by atoms with Gasteiger partial charge in [0.1, 0.15) is 4.83 Å². The predicted molar refractivity (Wildman–Crippen MR) is 90.8 cm³/mol. The van der Waals surface area contributed by atoms with Crippen molar-refractivity contribution in [3.63, 3.8) is 0 Å². The van der Waals surface area contributed by atoms with Gasteiger partial charge in [-0.1, -0.05) is 18.7 Å². The van der Waals surface area contributed by atoms with E-state index in [9.17, 15) is 9.59 Å². The number of H-pyrrole nitrogens is 1. The van der Waals surface area contributed by atoms with Gasteiger partial charge in [-0.2, -0.15) is 0 Å². The number of carbonyl (C=O) groups excluding carboxylic acids is 1. The van der Waals surface area contributed by atoms with Crippen molar-refractivity contribution in [2.45, 2.75) is 38.3 Å². The van der Waals surface area contributed by atoms with Crippen LogP contribution in [0.5, 0.6) is 0 Å². The van der Waals surface area contributed by atoms with Crippen molar-refractivity contribution in [3.05, 3.63) is 20.8 Å². The van der Waals surface area contributed by atoms with E-state index in [2.05, 4.69) is 22.2 Å². The lowest BCUT2D eigenvalue weighted by Crippen LogP contribution is -2.24. The molecule has 2 aromatic heterocycles. The Bertz CT molecular complexity index is 766. The van der Waals surface area contributed by atoms with Gasteiger partial charge in [0.05, 0.1) is 11.1 Å². The monoisotopic (exact) mass is 337 g/mol. The Hall–Kier alpha value is -1.34. The van der Waals surface area contributed by atoms with Crippen molar-refractivity contribution in [1.82, 2.24) is 15.3 Å². The zero-order valence-electron chi connectivity index (χ0n) is 12.7. The molecule has 0 saturated heterocycles. The minimum atomic E-state index is -0.0737. The smallest absolute Gasteiger partial charge is 0.260 e. The number of rotatable bonds is 4. The minimum Gasteiger partial charge on any atom is -0.356 e. The van der Waals surface area contributed by atoms with Gasteiger partial charge in [0, 0.05) is 11.4 Å². The van der Waals surface area contributed by atoms with Crippen LogP contribution in [0.25, 0.3) is 10.2 Å². The van der Waals surface area contributed by atoms with Crippen molar-refractivity contribution in [2.24, 2.45) is 5.92 Å². The van der Waals surface area contributed by atoms with Gasteiger partial charge in [0.2, 0.25) is 5.91 Å². The molecule has 1 amide bonds. The lowest BCUT2D eigenvalue weighted by atomic mass is 9.89. The standard InChI is InChI=1S/C15H19N3O2S2/c1-3-16-11(19)7-21-15-17-13(20)12-9-5-4-8(2)6-10(9)22-14(12)18-15/h8H,3-7H2,1-2H3,(H,16,19)(H,17,18,20). The summed E-state index contributed by atoms with van der Waals surface area (Å²) < 4.78 is 0. The molecule has 0 saturated carbocycles. The SMILES string of the molecule is CCNC(=O)CSc1nc2sc3c(c2c(=O)[nH]1)CCC(C)C3. The van der Waals surface area contributed by atoms with Gasteiger partial charge in [-0.05, 0) is 37.7 Å². The molecule has 0 spiro atoms. The van der Waals surface area contributed by atoms with Crippen molar-refractivity contribution in [3.8, 4) is 0 Å². The molecule has 0 radical (unpaired) electrons. The van der Waals surface area contributed by atoms with Gasteiger partial charge in [0.15, 0.2) is 5.16 Å². The van der Waals surface area contributed by atoms with Crippen molar-refractivity contribution < 1.29 is 4.79 Å². The summed E-state index contributed by atoms with van der Waals surface area (Å²) in [6.45, 7) is 4.74. The molecule has 5 nitrogen and oxygen atoms in total. The maximum absolute atomic E-state index is 12.4. The van der Waals surface area contributed by atoms with Crippen LogP contribution in [-0.4, -0.2) is 28.2 Å². The summed E-state index contributed by atoms with van der Waals surface area (Å²) in [5.74, 6) is 0.894. The van der Waals surface area contributed by atoms with Crippen LogP contribution in [0.3, 0.4) is 0 Å². The molecule has 2 heterocycles. The van der Waals surface area contributed by atoms with E-state index in [1.807, 2.05) is 6.92 Å². The number of nitrogens with zero attached hydrogens (tertiary/aromatic N) is 1. The summed E-state index contributed by atoms with van der Waals surface area (Å²) in [5.41, 5.74) is 1.11. The predicted octanol–water partition coefficient (Wildman–Crippen LogP) is 2.34. The topological polar surface area (TPSA) is 74.8 Å². The minimum absolute atomic E-state index is 0.0467. The van der Waals surface area contributed by atoms with E-state index in [0.29, 0.717) is 17.6 Å². The first-order valence-electron chi connectivity index (χ1n) is 7.52. The normalized spacial score (nSPS) is 17.5. The van der Waals surface area contributed by atoms with Crippen molar-refractivity contribution >= 4 is 39.2 Å². The largest absolute Gasteiger partial charge is 0.356 e. The summed E-state index contributed by atoms with van der Waals surface area (Å²) in [6.07, 6.45) is 3.13. The van der Waals surface area contributed by atoms with E-state index in [4.69, 9.17) is 0 Å². The number of carbonyl (C=O) groups is 1. The number of nitrogens with one attached hydrogen (secondary N) is 2. The molecule has 2 aromatic rings. The van der Waals surface area contributed by atoms with Crippen LogP contribution in [-0.2, 0) is 17.6 Å².